The summed E-state index contributed by atoms with van der Waals surface area (Å²) >= 11 is 0. The maximum atomic E-state index is 12.9. The van der Waals surface area contributed by atoms with E-state index < -0.39 is 0 Å². The Bertz CT molecular complexity index is 961. The first-order valence-electron chi connectivity index (χ1n) is 10.6. The average Bonchev–Trinajstić information content (AvgIpc) is 3.06. The molecule has 0 radical (unpaired) electrons. The lowest BCUT2D eigenvalue weighted by atomic mass is 9.93. The third-order valence-electron chi connectivity index (χ3n) is 6.13. The summed E-state index contributed by atoms with van der Waals surface area (Å²) in [7, 11) is 1.68. The van der Waals surface area contributed by atoms with Gasteiger partial charge in [-0.15, -0.1) is 0 Å². The second-order valence-corrected chi connectivity index (χ2v) is 8.50. The number of nitrogens with zero attached hydrogens (tertiary/aromatic N) is 1. The van der Waals surface area contributed by atoms with E-state index in [0.717, 1.165) is 46.6 Å². The molecule has 1 aromatic heterocycles. The number of rotatable bonds is 3. The molecule has 1 aliphatic carbocycles. The van der Waals surface area contributed by atoms with Crippen LogP contribution in [0.25, 0.3) is 16.5 Å². The van der Waals surface area contributed by atoms with Crippen LogP contribution in [-0.4, -0.2) is 43.2 Å². The number of hydrogen-bond acceptors (Lipinski definition) is 4. The molecule has 0 saturated carbocycles. The molecule has 2 atom stereocenters. The second-order valence-electron chi connectivity index (χ2n) is 8.50. The van der Waals surface area contributed by atoms with Crippen LogP contribution in [0.15, 0.2) is 16.6 Å². The van der Waals surface area contributed by atoms with Crippen LogP contribution in [0, 0.1) is 6.92 Å². The molecule has 1 aliphatic heterocycles. The topological polar surface area (TPSA) is 51.9 Å². The fourth-order valence-electron chi connectivity index (χ4n) is 4.80. The number of benzene rings is 1. The first-order chi connectivity index (χ1) is 13.9. The Balaban J connectivity index is 1.73. The first kappa shape index (κ1) is 20.0. The number of methoxy groups -OCH3 is 1. The van der Waals surface area contributed by atoms with Crippen LogP contribution in [0.3, 0.4) is 0 Å². The minimum Gasteiger partial charge on any atom is -0.496 e. The van der Waals surface area contributed by atoms with Crippen LogP contribution in [0.2, 0.25) is 0 Å². The third kappa shape index (κ3) is 3.68. The van der Waals surface area contributed by atoms with Gasteiger partial charge in [-0.25, -0.2) is 0 Å². The van der Waals surface area contributed by atoms with E-state index in [0.29, 0.717) is 13.1 Å². The van der Waals surface area contributed by atoms with Gasteiger partial charge in [0.1, 0.15) is 17.1 Å². The predicted octanol–water partition coefficient (Wildman–Crippen LogP) is 4.67. The molecule has 5 nitrogen and oxygen atoms in total. The molecule has 2 aliphatic rings. The highest BCUT2D eigenvalue weighted by Crippen LogP contribution is 2.41. The number of morpholine rings is 1. The summed E-state index contributed by atoms with van der Waals surface area (Å²) in [6, 6.07) is 2.15. The van der Waals surface area contributed by atoms with E-state index >= 15 is 0 Å². The van der Waals surface area contributed by atoms with Crippen molar-refractivity contribution in [2.45, 2.75) is 65.6 Å². The van der Waals surface area contributed by atoms with E-state index in [1.807, 2.05) is 32.6 Å². The van der Waals surface area contributed by atoms with Crippen molar-refractivity contribution in [2.24, 2.45) is 0 Å². The molecular weight excluding hydrogens is 366 g/mol. The summed E-state index contributed by atoms with van der Waals surface area (Å²) in [6.45, 7) is 9.29. The molecule has 1 aromatic carbocycles. The van der Waals surface area contributed by atoms with Crippen LogP contribution in [0.4, 0.5) is 0 Å². The number of furan rings is 1. The van der Waals surface area contributed by atoms with Crippen molar-refractivity contribution in [3.63, 3.8) is 0 Å². The lowest BCUT2D eigenvalue weighted by molar-refractivity contribution is -0.137. The average molecular weight is 398 g/mol. The molecule has 1 saturated heterocycles. The van der Waals surface area contributed by atoms with Crippen LogP contribution >= 0.6 is 0 Å². The number of ether oxygens (including phenoxy) is 2. The molecule has 1 amide bonds. The number of allylic oxidation sites excluding steroid dienone is 1. The minimum absolute atomic E-state index is 0.0264. The summed E-state index contributed by atoms with van der Waals surface area (Å²) in [5.74, 6) is 1.93. The number of amides is 1. The molecule has 1 fully saturated rings. The number of aryl methyl sites for hydroxylation is 3. The van der Waals surface area contributed by atoms with Crippen LogP contribution in [0.5, 0.6) is 5.75 Å². The molecular formula is C24H31NO4. The molecule has 156 valence electrons. The molecule has 0 spiro atoms. The summed E-state index contributed by atoms with van der Waals surface area (Å²) < 4.78 is 17.7. The van der Waals surface area contributed by atoms with Crippen LogP contribution < -0.4 is 4.74 Å². The van der Waals surface area contributed by atoms with Gasteiger partial charge in [0.15, 0.2) is 0 Å². The lowest BCUT2D eigenvalue weighted by Gasteiger charge is -2.34. The van der Waals surface area contributed by atoms with Gasteiger partial charge in [0.2, 0.25) is 5.91 Å². The van der Waals surface area contributed by atoms with Gasteiger partial charge >= 0.3 is 0 Å². The standard InChI is InChI=1S/C24H31NO4/c1-14(10-22(26)25-12-15(2)28-16(3)13-25)19-11-20-18-8-6-7-9-21(18)29-24(20)17(4)23(19)27-5/h10-11,15-16H,6-9,12-13H2,1-5H3/b14-10+. The van der Waals surface area contributed by atoms with Crippen molar-refractivity contribution < 1.29 is 18.7 Å². The highest BCUT2D eigenvalue weighted by Gasteiger charge is 2.26. The van der Waals surface area contributed by atoms with Gasteiger partial charge in [-0.2, -0.15) is 0 Å². The Hall–Kier alpha value is -2.27. The Kier molecular flexibility index (Phi) is 5.43. The van der Waals surface area contributed by atoms with Crippen molar-refractivity contribution >= 4 is 22.4 Å². The highest BCUT2D eigenvalue weighted by molar-refractivity contribution is 5.98. The van der Waals surface area contributed by atoms with Gasteiger partial charge in [-0.05, 0) is 58.6 Å². The van der Waals surface area contributed by atoms with E-state index in [1.165, 1.54) is 23.8 Å². The minimum atomic E-state index is 0.0264. The van der Waals surface area contributed by atoms with Gasteiger partial charge in [0.25, 0.3) is 0 Å². The van der Waals surface area contributed by atoms with E-state index in [2.05, 4.69) is 6.07 Å². The van der Waals surface area contributed by atoms with Gasteiger partial charge in [0.05, 0.1) is 19.3 Å². The van der Waals surface area contributed by atoms with Crippen molar-refractivity contribution in [3.05, 3.63) is 34.6 Å². The zero-order valence-corrected chi connectivity index (χ0v) is 18.1. The first-order valence-corrected chi connectivity index (χ1v) is 10.6. The quantitative estimate of drug-likeness (QED) is 0.707. The van der Waals surface area contributed by atoms with Crippen molar-refractivity contribution in [3.8, 4) is 5.75 Å². The summed E-state index contributed by atoms with van der Waals surface area (Å²) in [4.78, 5) is 14.8. The smallest absolute Gasteiger partial charge is 0.247 e. The summed E-state index contributed by atoms with van der Waals surface area (Å²) in [5.41, 5.74) is 5.13. The van der Waals surface area contributed by atoms with E-state index in [4.69, 9.17) is 13.9 Å². The van der Waals surface area contributed by atoms with Gasteiger partial charge in [-0.1, -0.05) is 0 Å². The fourth-order valence-corrected chi connectivity index (χ4v) is 4.80. The molecule has 2 unspecified atom stereocenters. The Morgan fingerprint density at radius 3 is 2.59 bits per heavy atom. The molecule has 2 aromatic rings. The maximum Gasteiger partial charge on any atom is 0.247 e. The monoisotopic (exact) mass is 397 g/mol. The zero-order chi connectivity index (χ0) is 20.7. The predicted molar refractivity (Wildman–Crippen MR) is 114 cm³/mol. The number of carbonyl (C=O) groups excluding carboxylic acids is 1. The normalized spacial score (nSPS) is 22.7. The van der Waals surface area contributed by atoms with E-state index in [9.17, 15) is 4.79 Å². The molecule has 4 rings (SSSR count). The highest BCUT2D eigenvalue weighted by atomic mass is 16.5. The van der Waals surface area contributed by atoms with Gasteiger partial charge < -0.3 is 18.8 Å². The van der Waals surface area contributed by atoms with Gasteiger partial charge in [0, 0.05) is 47.7 Å². The SMILES string of the molecule is COc1c(/C(C)=C/C(=O)N2CC(C)OC(C)C2)cc2c3c(oc2c1C)CCCC3. The Morgan fingerprint density at radius 1 is 1.21 bits per heavy atom. The maximum absolute atomic E-state index is 12.9. The largest absolute Gasteiger partial charge is 0.496 e. The van der Waals surface area contributed by atoms with Crippen molar-refractivity contribution in [2.75, 3.05) is 20.2 Å². The van der Waals surface area contributed by atoms with Crippen molar-refractivity contribution in [1.82, 2.24) is 4.90 Å². The molecule has 2 heterocycles. The summed E-state index contributed by atoms with van der Waals surface area (Å²) in [5, 5.41) is 1.17. The van der Waals surface area contributed by atoms with Crippen LogP contribution in [-0.2, 0) is 22.4 Å². The molecule has 5 heteroatoms. The van der Waals surface area contributed by atoms with E-state index in [-0.39, 0.29) is 18.1 Å². The molecule has 0 N–H and O–H groups in total. The van der Waals surface area contributed by atoms with E-state index in [1.54, 1.807) is 13.2 Å². The lowest BCUT2D eigenvalue weighted by Crippen LogP contribution is -2.47. The number of carbonyl (C=O) groups is 1. The number of hydrogen-bond donors (Lipinski definition) is 0. The Morgan fingerprint density at radius 2 is 1.90 bits per heavy atom. The van der Waals surface area contributed by atoms with Crippen molar-refractivity contribution in [1.29, 1.82) is 0 Å². The fraction of sp³-hybridized carbons (Fsp3) is 0.542. The molecule has 0 bridgehead atoms. The van der Waals surface area contributed by atoms with Crippen LogP contribution in [0.1, 0.15) is 56.1 Å². The summed E-state index contributed by atoms with van der Waals surface area (Å²) in [6.07, 6.45) is 6.28. The molecule has 29 heavy (non-hydrogen) atoms. The zero-order valence-electron chi connectivity index (χ0n) is 18.1. The second kappa shape index (κ2) is 7.86. The Labute approximate surface area is 172 Å². The number of fused-ring (bicyclic) bond motifs is 3. The van der Waals surface area contributed by atoms with Gasteiger partial charge in [-0.3, -0.25) is 4.79 Å². The third-order valence-corrected chi connectivity index (χ3v) is 6.13.